The summed E-state index contributed by atoms with van der Waals surface area (Å²) >= 11 is 0. The number of rotatable bonds is 3. The lowest BCUT2D eigenvalue weighted by atomic mass is 9.98. The second kappa shape index (κ2) is 4.74. The fourth-order valence-corrected chi connectivity index (χ4v) is 1.85. The summed E-state index contributed by atoms with van der Waals surface area (Å²) in [7, 11) is 0. The highest BCUT2D eigenvalue weighted by Gasteiger charge is 2.10. The lowest BCUT2D eigenvalue weighted by Gasteiger charge is -2.10. The number of aromatic hydroxyl groups is 2. The predicted octanol–water partition coefficient (Wildman–Crippen LogP) is 3.33. The highest BCUT2D eigenvalue weighted by Crippen LogP contribution is 2.31. The van der Waals surface area contributed by atoms with E-state index in [4.69, 9.17) is 0 Å². The first-order valence-corrected chi connectivity index (χ1v) is 5.42. The minimum atomic E-state index is 0.142. The summed E-state index contributed by atoms with van der Waals surface area (Å²) < 4.78 is 0. The zero-order chi connectivity index (χ0) is 12.3. The van der Waals surface area contributed by atoms with Crippen LogP contribution >= 0.6 is 0 Å². The van der Waals surface area contributed by atoms with Crippen LogP contribution in [0.5, 0.6) is 11.5 Å². The Morgan fingerprint density at radius 2 is 1.59 bits per heavy atom. The maximum atomic E-state index is 9.85. The Morgan fingerprint density at radius 1 is 0.941 bits per heavy atom. The molecule has 2 heteroatoms. The summed E-state index contributed by atoms with van der Waals surface area (Å²) in [6, 6.07) is 12.8. The first kappa shape index (κ1) is 11.3. The number of benzene rings is 2. The van der Waals surface area contributed by atoms with E-state index in [0.29, 0.717) is 17.5 Å². The molecule has 2 rings (SSSR count). The van der Waals surface area contributed by atoms with Crippen molar-refractivity contribution in [3.8, 4) is 11.5 Å². The topological polar surface area (TPSA) is 40.5 Å². The Morgan fingerprint density at radius 3 is 2.24 bits per heavy atom. The Bertz CT molecular complexity index is 530. The molecule has 0 aliphatic heterocycles. The van der Waals surface area contributed by atoms with Gasteiger partial charge in [-0.15, -0.1) is 0 Å². The van der Waals surface area contributed by atoms with Crippen LogP contribution in [0.3, 0.4) is 0 Å². The second-order valence-corrected chi connectivity index (χ2v) is 3.86. The lowest BCUT2D eigenvalue weighted by molar-refractivity contribution is 0.454. The molecule has 2 aromatic rings. The molecule has 0 aliphatic carbocycles. The van der Waals surface area contributed by atoms with Gasteiger partial charge in [-0.25, -0.2) is 0 Å². The van der Waals surface area contributed by atoms with Gasteiger partial charge in [0.1, 0.15) is 11.5 Å². The number of phenols is 2. The molecule has 86 valence electrons. The number of hydrogen-bond acceptors (Lipinski definition) is 2. The molecule has 0 aliphatic rings. The van der Waals surface area contributed by atoms with E-state index in [1.54, 1.807) is 6.08 Å². The number of phenolic OH excluding ortho intramolecular Hbond substituents is 2. The van der Waals surface area contributed by atoms with Crippen molar-refractivity contribution in [2.24, 2.45) is 0 Å². The molecular formula is C15H14O2. The van der Waals surface area contributed by atoms with Crippen molar-refractivity contribution in [2.75, 3.05) is 0 Å². The van der Waals surface area contributed by atoms with Crippen molar-refractivity contribution in [2.45, 2.75) is 6.42 Å². The summed E-state index contributed by atoms with van der Waals surface area (Å²) in [5.74, 6) is 0.324. The first-order chi connectivity index (χ1) is 8.22. The highest BCUT2D eigenvalue weighted by molar-refractivity contribution is 5.63. The molecule has 0 saturated carbocycles. The van der Waals surface area contributed by atoms with Gasteiger partial charge < -0.3 is 10.2 Å². The molecule has 0 radical (unpaired) electrons. The van der Waals surface area contributed by atoms with Crippen LogP contribution in [0.2, 0.25) is 0 Å². The van der Waals surface area contributed by atoms with Crippen LogP contribution in [0, 0.1) is 0 Å². The standard InChI is InChI=1S/C15H14O2/c1-2-12-13(15(17)9-8-14(12)16)10-11-6-4-3-5-7-11/h2-9,16-17H,1,10H2. The van der Waals surface area contributed by atoms with Gasteiger partial charge in [-0.1, -0.05) is 43.0 Å². The van der Waals surface area contributed by atoms with Gasteiger partial charge in [0.15, 0.2) is 0 Å². The molecule has 2 nitrogen and oxygen atoms in total. The lowest BCUT2D eigenvalue weighted by Crippen LogP contribution is -1.93. The fraction of sp³-hybridized carbons (Fsp3) is 0.0667. The van der Waals surface area contributed by atoms with E-state index >= 15 is 0 Å². The highest BCUT2D eigenvalue weighted by atomic mass is 16.3. The Hall–Kier alpha value is -2.22. The predicted molar refractivity (Wildman–Crippen MR) is 69.1 cm³/mol. The van der Waals surface area contributed by atoms with Gasteiger partial charge in [-0.3, -0.25) is 0 Å². The van der Waals surface area contributed by atoms with Crippen molar-refractivity contribution >= 4 is 6.08 Å². The van der Waals surface area contributed by atoms with E-state index in [-0.39, 0.29) is 11.5 Å². The van der Waals surface area contributed by atoms with E-state index in [1.807, 2.05) is 30.3 Å². The zero-order valence-electron chi connectivity index (χ0n) is 9.43. The number of hydrogen-bond donors (Lipinski definition) is 2. The average molecular weight is 226 g/mol. The SMILES string of the molecule is C=Cc1c(O)ccc(O)c1Cc1ccccc1. The third kappa shape index (κ3) is 2.31. The van der Waals surface area contributed by atoms with Crippen LogP contribution in [0.1, 0.15) is 16.7 Å². The van der Waals surface area contributed by atoms with E-state index < -0.39 is 0 Å². The van der Waals surface area contributed by atoms with Crippen molar-refractivity contribution < 1.29 is 10.2 Å². The van der Waals surface area contributed by atoms with E-state index in [2.05, 4.69) is 6.58 Å². The van der Waals surface area contributed by atoms with E-state index in [1.165, 1.54) is 12.1 Å². The molecular weight excluding hydrogens is 212 g/mol. The average Bonchev–Trinajstić information content (AvgIpc) is 2.35. The summed E-state index contributed by atoms with van der Waals surface area (Å²) in [4.78, 5) is 0. The third-order valence-electron chi connectivity index (χ3n) is 2.74. The van der Waals surface area contributed by atoms with Gasteiger partial charge in [0.25, 0.3) is 0 Å². The fourth-order valence-electron chi connectivity index (χ4n) is 1.85. The Balaban J connectivity index is 2.45. The van der Waals surface area contributed by atoms with Crippen LogP contribution in [0.4, 0.5) is 0 Å². The molecule has 0 atom stereocenters. The van der Waals surface area contributed by atoms with Gasteiger partial charge in [0.2, 0.25) is 0 Å². The molecule has 0 spiro atoms. The first-order valence-electron chi connectivity index (χ1n) is 5.42. The maximum absolute atomic E-state index is 9.85. The smallest absolute Gasteiger partial charge is 0.123 e. The zero-order valence-corrected chi connectivity index (χ0v) is 9.43. The van der Waals surface area contributed by atoms with Crippen LogP contribution in [-0.4, -0.2) is 10.2 Å². The molecule has 0 unspecified atom stereocenters. The Kier molecular flexibility index (Phi) is 3.15. The van der Waals surface area contributed by atoms with Crippen molar-refractivity contribution in [1.29, 1.82) is 0 Å². The van der Waals surface area contributed by atoms with Gasteiger partial charge in [0, 0.05) is 17.5 Å². The molecule has 0 amide bonds. The van der Waals surface area contributed by atoms with Gasteiger partial charge >= 0.3 is 0 Å². The van der Waals surface area contributed by atoms with Crippen LogP contribution < -0.4 is 0 Å². The molecule has 0 heterocycles. The maximum Gasteiger partial charge on any atom is 0.123 e. The largest absolute Gasteiger partial charge is 0.508 e. The molecule has 17 heavy (non-hydrogen) atoms. The molecule has 0 saturated heterocycles. The molecule has 0 bridgehead atoms. The van der Waals surface area contributed by atoms with E-state index in [9.17, 15) is 10.2 Å². The van der Waals surface area contributed by atoms with Crippen LogP contribution in [0.25, 0.3) is 6.08 Å². The second-order valence-electron chi connectivity index (χ2n) is 3.86. The molecule has 0 fully saturated rings. The van der Waals surface area contributed by atoms with Crippen molar-refractivity contribution in [3.63, 3.8) is 0 Å². The minimum Gasteiger partial charge on any atom is -0.508 e. The van der Waals surface area contributed by atoms with Crippen molar-refractivity contribution in [1.82, 2.24) is 0 Å². The summed E-state index contributed by atoms with van der Waals surface area (Å²) in [6.45, 7) is 3.66. The van der Waals surface area contributed by atoms with Crippen LogP contribution in [-0.2, 0) is 6.42 Å². The summed E-state index contributed by atoms with van der Waals surface area (Å²) in [5, 5.41) is 19.6. The molecule has 0 aromatic heterocycles. The van der Waals surface area contributed by atoms with Gasteiger partial charge in [-0.05, 0) is 17.7 Å². The minimum absolute atomic E-state index is 0.142. The third-order valence-corrected chi connectivity index (χ3v) is 2.74. The van der Waals surface area contributed by atoms with E-state index in [0.717, 1.165) is 5.56 Å². The van der Waals surface area contributed by atoms with Gasteiger partial charge in [-0.2, -0.15) is 0 Å². The Labute approximate surface area is 100 Å². The normalized spacial score (nSPS) is 10.1. The van der Waals surface area contributed by atoms with Gasteiger partial charge in [0.05, 0.1) is 0 Å². The monoisotopic (exact) mass is 226 g/mol. The molecule has 2 aromatic carbocycles. The summed E-state index contributed by atoms with van der Waals surface area (Å²) in [5.41, 5.74) is 2.37. The van der Waals surface area contributed by atoms with Crippen LogP contribution in [0.15, 0.2) is 49.0 Å². The van der Waals surface area contributed by atoms with Crippen molar-refractivity contribution in [3.05, 3.63) is 65.7 Å². The quantitative estimate of drug-likeness (QED) is 0.788. The summed E-state index contributed by atoms with van der Waals surface area (Å²) in [6.07, 6.45) is 2.13. The molecule has 2 N–H and O–H groups in total.